The number of nitrogens with zero attached hydrogens (tertiary/aromatic N) is 3. The molecule has 2 saturated heterocycles. The number of benzene rings is 3. The van der Waals surface area contributed by atoms with Crippen LogP contribution in [0.5, 0.6) is 0 Å². The fourth-order valence-electron chi connectivity index (χ4n) is 5.67. The number of nitro benzene ring substituents is 1. The molecule has 0 radical (unpaired) electrons. The lowest BCUT2D eigenvalue weighted by molar-refractivity contribution is -0.384. The van der Waals surface area contributed by atoms with Gasteiger partial charge in [-0.2, -0.15) is 0 Å². The number of hydrogen-bond donors (Lipinski definition) is 0. The van der Waals surface area contributed by atoms with E-state index in [1.54, 1.807) is 11.1 Å². The largest absolute Gasteiger partial charge is 0.358 e. The van der Waals surface area contributed by atoms with Crippen molar-refractivity contribution >= 4 is 35.0 Å². The quantitative estimate of drug-likeness (QED) is 0.239. The molecule has 0 bridgehead atoms. The summed E-state index contributed by atoms with van der Waals surface area (Å²) in [5.41, 5.74) is 1.59. The number of ketones is 1. The topological polar surface area (TPSA) is 101 Å². The Hall–Kier alpha value is -4.66. The van der Waals surface area contributed by atoms with E-state index in [2.05, 4.69) is 0 Å². The van der Waals surface area contributed by atoms with Crippen molar-refractivity contribution in [2.45, 2.75) is 12.1 Å². The minimum absolute atomic E-state index is 0.0744. The van der Waals surface area contributed by atoms with Crippen LogP contribution in [0.3, 0.4) is 0 Å². The molecule has 0 saturated carbocycles. The summed E-state index contributed by atoms with van der Waals surface area (Å²) in [6.07, 6.45) is 3.53. The third-order valence-corrected chi connectivity index (χ3v) is 7.14. The average Bonchev–Trinajstić information content (AvgIpc) is 3.36. The Balaban J connectivity index is 1.50. The third-order valence-electron chi connectivity index (χ3n) is 7.14. The molecule has 0 aromatic heterocycles. The number of carbonyl (C=O) groups is 3. The molecule has 178 valence electrons. The first-order chi connectivity index (χ1) is 17.4. The molecule has 4 atom stereocenters. The summed E-state index contributed by atoms with van der Waals surface area (Å²) in [6.45, 7) is 0. The van der Waals surface area contributed by atoms with Gasteiger partial charge in [0.15, 0.2) is 5.78 Å². The number of amides is 2. The Morgan fingerprint density at radius 3 is 2.44 bits per heavy atom. The van der Waals surface area contributed by atoms with Gasteiger partial charge in [0, 0.05) is 23.9 Å². The molecule has 0 unspecified atom stereocenters. The number of imide groups is 1. The molecule has 3 heterocycles. The number of Topliss-reactive ketones (excluding diaryl/α,β-unsaturated/α-hetero) is 1. The predicted molar refractivity (Wildman–Crippen MR) is 127 cm³/mol. The SMILES string of the molecule is O=C(c1cccc([N+](=O)[O-])c1)[C@@H]1[C@@H]2C(=O)N(c3cccc(F)c3)C(=O)[C@H]2[C@@H]2c3ccccc3C=CN12. The van der Waals surface area contributed by atoms with Gasteiger partial charge in [-0.1, -0.05) is 42.5 Å². The van der Waals surface area contributed by atoms with Gasteiger partial charge in [0.2, 0.25) is 11.8 Å². The molecule has 8 nitrogen and oxygen atoms in total. The Kier molecular flexibility index (Phi) is 4.82. The van der Waals surface area contributed by atoms with Crippen LogP contribution in [-0.4, -0.2) is 33.5 Å². The normalized spacial score (nSPS) is 23.9. The number of hydrogen-bond acceptors (Lipinski definition) is 6. The zero-order valence-electron chi connectivity index (χ0n) is 18.7. The number of rotatable bonds is 4. The van der Waals surface area contributed by atoms with Gasteiger partial charge in [-0.15, -0.1) is 0 Å². The molecular weight excluding hydrogens is 465 g/mol. The van der Waals surface area contributed by atoms with Crippen LogP contribution in [0.4, 0.5) is 15.8 Å². The molecule has 2 fully saturated rings. The van der Waals surface area contributed by atoms with Crippen molar-refractivity contribution in [1.29, 1.82) is 0 Å². The van der Waals surface area contributed by atoms with E-state index in [1.165, 1.54) is 42.5 Å². The van der Waals surface area contributed by atoms with Crippen LogP contribution < -0.4 is 4.90 Å². The lowest BCUT2D eigenvalue weighted by Crippen LogP contribution is -2.44. The summed E-state index contributed by atoms with van der Waals surface area (Å²) >= 11 is 0. The Morgan fingerprint density at radius 1 is 0.917 bits per heavy atom. The van der Waals surface area contributed by atoms with Crippen LogP contribution in [0, 0.1) is 27.8 Å². The van der Waals surface area contributed by atoms with Gasteiger partial charge in [-0.05, 0) is 35.4 Å². The van der Waals surface area contributed by atoms with Crippen LogP contribution >= 0.6 is 0 Å². The van der Waals surface area contributed by atoms with Crippen LogP contribution in [-0.2, 0) is 9.59 Å². The zero-order valence-corrected chi connectivity index (χ0v) is 18.7. The lowest BCUT2D eigenvalue weighted by Gasteiger charge is -2.35. The molecule has 36 heavy (non-hydrogen) atoms. The predicted octanol–water partition coefficient (Wildman–Crippen LogP) is 4.13. The van der Waals surface area contributed by atoms with Gasteiger partial charge < -0.3 is 4.90 Å². The number of nitro groups is 1. The van der Waals surface area contributed by atoms with Crippen molar-refractivity contribution in [3.8, 4) is 0 Å². The molecule has 0 spiro atoms. The molecular formula is C27H18FN3O5. The minimum Gasteiger partial charge on any atom is -0.358 e. The van der Waals surface area contributed by atoms with E-state index in [9.17, 15) is 28.9 Å². The summed E-state index contributed by atoms with van der Waals surface area (Å²) in [6, 6.07) is 16.3. The van der Waals surface area contributed by atoms with E-state index in [4.69, 9.17) is 0 Å². The van der Waals surface area contributed by atoms with Crippen molar-refractivity contribution in [3.05, 3.63) is 112 Å². The van der Waals surface area contributed by atoms with E-state index >= 15 is 0 Å². The minimum atomic E-state index is -1.07. The molecule has 3 aliphatic heterocycles. The van der Waals surface area contributed by atoms with E-state index in [1.807, 2.05) is 30.3 Å². The summed E-state index contributed by atoms with van der Waals surface area (Å²) in [7, 11) is 0. The maximum absolute atomic E-state index is 14.0. The molecule has 2 amide bonds. The number of halogens is 1. The molecule has 0 N–H and O–H groups in total. The molecule has 0 aliphatic carbocycles. The number of fused-ring (bicyclic) bond motifs is 5. The van der Waals surface area contributed by atoms with Crippen LogP contribution in [0.15, 0.2) is 79.0 Å². The van der Waals surface area contributed by atoms with Gasteiger partial charge in [0.05, 0.1) is 28.5 Å². The van der Waals surface area contributed by atoms with E-state index in [-0.39, 0.29) is 16.9 Å². The highest BCUT2D eigenvalue weighted by Gasteiger charge is 2.64. The molecule has 6 rings (SSSR count). The molecule has 3 aromatic rings. The monoisotopic (exact) mass is 483 g/mol. The lowest BCUT2D eigenvalue weighted by atomic mass is 9.83. The first-order valence-electron chi connectivity index (χ1n) is 11.3. The smallest absolute Gasteiger partial charge is 0.270 e. The van der Waals surface area contributed by atoms with Gasteiger partial charge >= 0.3 is 0 Å². The third kappa shape index (κ3) is 3.09. The highest BCUT2D eigenvalue weighted by molar-refractivity contribution is 6.24. The summed E-state index contributed by atoms with van der Waals surface area (Å²) in [5, 5.41) is 11.3. The average molecular weight is 483 g/mol. The van der Waals surface area contributed by atoms with E-state index in [0.717, 1.165) is 22.1 Å². The maximum atomic E-state index is 14.0. The molecule has 3 aliphatic rings. The van der Waals surface area contributed by atoms with Crippen molar-refractivity contribution in [2.24, 2.45) is 11.8 Å². The highest BCUT2D eigenvalue weighted by atomic mass is 19.1. The molecule has 9 heteroatoms. The molecule has 3 aromatic carbocycles. The Morgan fingerprint density at radius 2 is 1.67 bits per heavy atom. The first kappa shape index (κ1) is 21.8. The summed E-state index contributed by atoms with van der Waals surface area (Å²) in [5.74, 6) is -4.14. The summed E-state index contributed by atoms with van der Waals surface area (Å²) in [4.78, 5) is 54.7. The second kappa shape index (κ2) is 7.94. The standard InChI is InChI=1S/C27H18FN3O5/c28-17-7-4-8-18(14-17)30-26(33)21-22(27(30)34)24(25(32)16-6-3-9-19(13-16)31(35)36)29-12-11-15-5-1-2-10-20(15)23(21)29/h1-14,21-24H/t21-,22-,23+,24+/m1/s1. The van der Waals surface area contributed by atoms with Gasteiger partial charge in [0.1, 0.15) is 11.9 Å². The van der Waals surface area contributed by atoms with Crippen molar-refractivity contribution < 1.29 is 23.7 Å². The van der Waals surface area contributed by atoms with Crippen LogP contribution in [0.2, 0.25) is 0 Å². The fraction of sp³-hybridized carbons (Fsp3) is 0.148. The van der Waals surface area contributed by atoms with Gasteiger partial charge in [-0.25, -0.2) is 9.29 Å². The van der Waals surface area contributed by atoms with Crippen molar-refractivity contribution in [2.75, 3.05) is 4.90 Å². The van der Waals surface area contributed by atoms with Crippen LogP contribution in [0.25, 0.3) is 6.08 Å². The summed E-state index contributed by atoms with van der Waals surface area (Å²) < 4.78 is 14.0. The Labute approximate surface area is 204 Å². The highest BCUT2D eigenvalue weighted by Crippen LogP contribution is 2.53. The fourth-order valence-corrected chi connectivity index (χ4v) is 5.67. The van der Waals surface area contributed by atoms with Crippen LogP contribution in [0.1, 0.15) is 27.5 Å². The number of carbonyl (C=O) groups excluding carboxylic acids is 3. The first-order valence-corrected chi connectivity index (χ1v) is 11.3. The second-order valence-corrected chi connectivity index (χ2v) is 9.00. The number of anilines is 1. The van der Waals surface area contributed by atoms with Crippen molar-refractivity contribution in [3.63, 3.8) is 0 Å². The maximum Gasteiger partial charge on any atom is 0.270 e. The van der Waals surface area contributed by atoms with E-state index in [0.29, 0.717) is 0 Å². The number of non-ortho nitro benzene ring substituents is 1. The van der Waals surface area contributed by atoms with Gasteiger partial charge in [0.25, 0.3) is 5.69 Å². The second-order valence-electron chi connectivity index (χ2n) is 9.00. The van der Waals surface area contributed by atoms with E-state index < -0.39 is 52.3 Å². The Bertz CT molecular complexity index is 1500. The zero-order chi connectivity index (χ0) is 25.1. The van der Waals surface area contributed by atoms with Gasteiger partial charge in [-0.3, -0.25) is 24.5 Å². The van der Waals surface area contributed by atoms with Crippen molar-refractivity contribution in [1.82, 2.24) is 4.90 Å².